The van der Waals surface area contributed by atoms with Gasteiger partial charge in [-0.2, -0.15) is 0 Å². The van der Waals surface area contributed by atoms with Crippen LogP contribution in [0.2, 0.25) is 0 Å². The highest BCUT2D eigenvalue weighted by Crippen LogP contribution is 2.49. The molecule has 1 aromatic heterocycles. The van der Waals surface area contributed by atoms with Crippen LogP contribution in [0.5, 0.6) is 0 Å². The average molecular weight is 296 g/mol. The summed E-state index contributed by atoms with van der Waals surface area (Å²) in [5.41, 5.74) is 1.61. The van der Waals surface area contributed by atoms with Crippen LogP contribution in [-0.4, -0.2) is 7.05 Å². The van der Waals surface area contributed by atoms with Crippen LogP contribution in [0.3, 0.4) is 0 Å². The van der Waals surface area contributed by atoms with Crippen LogP contribution >= 0.6 is 27.3 Å². The topological polar surface area (TPSA) is 12.0 Å². The van der Waals surface area contributed by atoms with Gasteiger partial charge < -0.3 is 5.32 Å². The lowest BCUT2D eigenvalue weighted by Crippen LogP contribution is -2.04. The fourth-order valence-electron chi connectivity index (χ4n) is 2.26. The van der Waals surface area contributed by atoms with Crippen LogP contribution in [0.15, 0.2) is 22.7 Å². The Morgan fingerprint density at radius 2 is 2.25 bits per heavy atom. The molecule has 1 fully saturated rings. The summed E-state index contributed by atoms with van der Waals surface area (Å²) in [6, 6.07) is 6.55. The van der Waals surface area contributed by atoms with E-state index in [4.69, 9.17) is 0 Å². The molecule has 0 radical (unpaired) electrons. The second-order valence-electron chi connectivity index (χ2n) is 4.36. The van der Waals surface area contributed by atoms with Crippen LogP contribution < -0.4 is 5.32 Å². The molecule has 3 heteroatoms. The Bertz CT molecular complexity index is 528. The van der Waals surface area contributed by atoms with Crippen LogP contribution in [0.25, 0.3) is 10.1 Å². The van der Waals surface area contributed by atoms with E-state index in [1.165, 1.54) is 32.3 Å². The molecule has 1 saturated carbocycles. The molecule has 0 aliphatic heterocycles. The van der Waals surface area contributed by atoms with E-state index in [-0.39, 0.29) is 0 Å². The summed E-state index contributed by atoms with van der Waals surface area (Å²) >= 11 is 5.59. The van der Waals surface area contributed by atoms with Crippen LogP contribution in [0.4, 0.5) is 0 Å². The minimum atomic E-state index is 0.825. The molecule has 0 spiro atoms. The maximum Gasteiger partial charge on any atom is 0.0491 e. The Balaban J connectivity index is 2.24. The van der Waals surface area contributed by atoms with E-state index in [9.17, 15) is 0 Å². The average Bonchev–Trinajstić information content (AvgIpc) is 3.02. The Morgan fingerprint density at radius 3 is 2.94 bits per heavy atom. The fourth-order valence-corrected chi connectivity index (χ4v) is 4.18. The molecular formula is C13H14BrNS. The van der Waals surface area contributed by atoms with Gasteiger partial charge in [-0.1, -0.05) is 12.1 Å². The lowest BCUT2D eigenvalue weighted by Gasteiger charge is -2.01. The molecule has 0 saturated heterocycles. The van der Waals surface area contributed by atoms with Gasteiger partial charge >= 0.3 is 0 Å². The van der Waals surface area contributed by atoms with E-state index >= 15 is 0 Å². The van der Waals surface area contributed by atoms with Crippen molar-refractivity contribution >= 4 is 37.4 Å². The van der Waals surface area contributed by atoms with Crippen molar-refractivity contribution in [2.24, 2.45) is 0 Å². The number of rotatable bonds is 3. The highest BCUT2D eigenvalue weighted by atomic mass is 79.9. The normalized spacial score (nSPS) is 15.9. The second-order valence-corrected chi connectivity index (χ2v) is 6.32. The number of hydrogen-bond donors (Lipinski definition) is 1. The van der Waals surface area contributed by atoms with Crippen molar-refractivity contribution < 1.29 is 0 Å². The van der Waals surface area contributed by atoms with Crippen molar-refractivity contribution in [2.75, 3.05) is 7.05 Å². The van der Waals surface area contributed by atoms with Gasteiger partial charge in [0.2, 0.25) is 0 Å². The molecule has 1 nitrogen and oxygen atoms in total. The standard InChI is InChI=1S/C13H14BrNS/c1-15-7-11-12(8-5-6-8)9-3-2-4-10(14)13(9)16-11/h2-4,8,15H,5-7H2,1H3. The number of nitrogens with one attached hydrogen (secondary N) is 1. The van der Waals surface area contributed by atoms with Gasteiger partial charge in [0.15, 0.2) is 0 Å². The minimum absolute atomic E-state index is 0.825. The third-order valence-corrected chi connectivity index (χ3v) is 5.28. The Kier molecular flexibility index (Phi) is 2.78. The van der Waals surface area contributed by atoms with Crippen LogP contribution in [-0.2, 0) is 6.54 Å². The second kappa shape index (κ2) is 4.13. The highest BCUT2D eigenvalue weighted by molar-refractivity contribution is 9.10. The number of thiophene rings is 1. The molecule has 84 valence electrons. The number of halogens is 1. The summed E-state index contributed by atoms with van der Waals surface area (Å²) in [5.74, 6) is 0.825. The molecule has 1 aliphatic rings. The van der Waals surface area contributed by atoms with E-state index in [0.717, 1.165) is 12.5 Å². The fraction of sp³-hybridized carbons (Fsp3) is 0.385. The SMILES string of the molecule is CNCc1sc2c(Br)cccc2c1C1CC1. The van der Waals surface area contributed by atoms with E-state index in [2.05, 4.69) is 39.4 Å². The first-order valence-electron chi connectivity index (χ1n) is 5.65. The maximum absolute atomic E-state index is 3.65. The minimum Gasteiger partial charge on any atom is -0.315 e. The zero-order valence-electron chi connectivity index (χ0n) is 9.22. The van der Waals surface area contributed by atoms with Gasteiger partial charge in [-0.3, -0.25) is 0 Å². The Hall–Kier alpha value is -0.380. The number of fused-ring (bicyclic) bond motifs is 1. The summed E-state index contributed by atoms with van der Waals surface area (Å²) in [7, 11) is 2.02. The van der Waals surface area contributed by atoms with E-state index in [1.54, 1.807) is 5.56 Å². The summed E-state index contributed by atoms with van der Waals surface area (Å²) in [4.78, 5) is 1.52. The molecule has 16 heavy (non-hydrogen) atoms. The van der Waals surface area contributed by atoms with Crippen LogP contribution in [0.1, 0.15) is 29.2 Å². The number of benzene rings is 1. The predicted octanol–water partition coefficient (Wildman–Crippen LogP) is 4.26. The smallest absolute Gasteiger partial charge is 0.0491 e. The van der Waals surface area contributed by atoms with Crippen molar-refractivity contribution in [1.29, 1.82) is 0 Å². The van der Waals surface area contributed by atoms with Crippen molar-refractivity contribution in [1.82, 2.24) is 5.32 Å². The molecule has 1 aromatic carbocycles. The first kappa shape index (κ1) is 10.8. The molecular weight excluding hydrogens is 282 g/mol. The summed E-state index contributed by atoms with van der Waals surface area (Å²) < 4.78 is 2.65. The molecule has 1 N–H and O–H groups in total. The Morgan fingerprint density at radius 1 is 1.44 bits per heavy atom. The van der Waals surface area contributed by atoms with Gasteiger partial charge in [-0.15, -0.1) is 11.3 Å². The summed E-state index contributed by atoms with van der Waals surface area (Å²) in [5, 5.41) is 4.75. The molecule has 3 rings (SSSR count). The summed E-state index contributed by atoms with van der Waals surface area (Å²) in [6.45, 7) is 0.998. The Labute approximate surface area is 108 Å². The molecule has 2 aromatic rings. The highest BCUT2D eigenvalue weighted by Gasteiger charge is 2.29. The third kappa shape index (κ3) is 1.71. The van der Waals surface area contributed by atoms with E-state index < -0.39 is 0 Å². The van der Waals surface area contributed by atoms with Gasteiger partial charge in [-0.25, -0.2) is 0 Å². The third-order valence-electron chi connectivity index (χ3n) is 3.11. The van der Waals surface area contributed by atoms with Crippen molar-refractivity contribution in [2.45, 2.75) is 25.3 Å². The van der Waals surface area contributed by atoms with Crippen molar-refractivity contribution in [3.8, 4) is 0 Å². The van der Waals surface area contributed by atoms with Gasteiger partial charge in [0.25, 0.3) is 0 Å². The first-order chi connectivity index (χ1) is 7.81. The predicted molar refractivity (Wildman–Crippen MR) is 74.3 cm³/mol. The van der Waals surface area contributed by atoms with Gasteiger partial charge in [0, 0.05) is 20.6 Å². The van der Waals surface area contributed by atoms with Crippen molar-refractivity contribution in [3.05, 3.63) is 33.1 Å². The first-order valence-corrected chi connectivity index (χ1v) is 7.26. The molecule has 0 atom stereocenters. The number of hydrogen-bond acceptors (Lipinski definition) is 2. The molecule has 0 amide bonds. The lowest BCUT2D eigenvalue weighted by atomic mass is 10.1. The van der Waals surface area contributed by atoms with Crippen molar-refractivity contribution in [3.63, 3.8) is 0 Å². The monoisotopic (exact) mass is 295 g/mol. The maximum atomic E-state index is 3.65. The van der Waals surface area contributed by atoms with E-state index in [1.807, 2.05) is 18.4 Å². The molecule has 1 aliphatic carbocycles. The molecule has 0 bridgehead atoms. The lowest BCUT2D eigenvalue weighted by molar-refractivity contribution is 0.821. The van der Waals surface area contributed by atoms with Gasteiger partial charge in [-0.05, 0) is 58.8 Å². The van der Waals surface area contributed by atoms with E-state index in [0.29, 0.717) is 0 Å². The zero-order chi connectivity index (χ0) is 11.1. The zero-order valence-corrected chi connectivity index (χ0v) is 11.6. The summed E-state index contributed by atoms with van der Waals surface area (Å²) in [6.07, 6.45) is 2.74. The quantitative estimate of drug-likeness (QED) is 0.892. The molecule has 1 heterocycles. The van der Waals surface area contributed by atoms with Gasteiger partial charge in [0.05, 0.1) is 0 Å². The van der Waals surface area contributed by atoms with Crippen LogP contribution in [0, 0.1) is 0 Å². The largest absolute Gasteiger partial charge is 0.315 e. The molecule has 0 unspecified atom stereocenters. The van der Waals surface area contributed by atoms with Gasteiger partial charge in [0.1, 0.15) is 0 Å².